The molecule has 3 N–H and O–H groups in total. The van der Waals surface area contributed by atoms with Crippen LogP contribution in [0.15, 0.2) is 24.3 Å². The molecule has 5 nitrogen and oxygen atoms in total. The van der Waals surface area contributed by atoms with Crippen LogP contribution in [-0.2, 0) is 20.5 Å². The molecule has 2 unspecified atom stereocenters. The number of rotatable bonds is 4. The molecule has 2 atom stereocenters. The van der Waals surface area contributed by atoms with Crippen LogP contribution in [-0.4, -0.2) is 26.7 Å². The van der Waals surface area contributed by atoms with Crippen molar-refractivity contribution in [2.75, 3.05) is 5.32 Å². The molecular weight excluding hydrogens is 276 g/mol. The van der Waals surface area contributed by atoms with Crippen molar-refractivity contribution in [2.24, 2.45) is 5.14 Å². The minimum Gasteiger partial charge on any atom is -0.382 e. The highest BCUT2D eigenvalue weighted by Gasteiger charge is 2.24. The maximum Gasteiger partial charge on any atom is 0.213 e. The Balaban J connectivity index is 1.97. The van der Waals surface area contributed by atoms with Gasteiger partial charge < -0.3 is 10.1 Å². The van der Waals surface area contributed by atoms with Gasteiger partial charge in [-0.05, 0) is 44.4 Å². The number of nitrogens with two attached hydrogens (primary N) is 1. The van der Waals surface area contributed by atoms with Crippen LogP contribution in [0, 0.1) is 0 Å². The molecule has 1 aliphatic heterocycles. The van der Waals surface area contributed by atoms with E-state index in [9.17, 15) is 8.42 Å². The molecule has 0 spiro atoms. The first-order chi connectivity index (χ1) is 9.32. The van der Waals surface area contributed by atoms with E-state index in [1.165, 1.54) is 0 Å². The van der Waals surface area contributed by atoms with Gasteiger partial charge in [-0.25, -0.2) is 13.6 Å². The van der Waals surface area contributed by atoms with Crippen molar-refractivity contribution in [2.45, 2.75) is 50.7 Å². The zero-order valence-electron chi connectivity index (χ0n) is 11.9. The lowest BCUT2D eigenvalue weighted by Gasteiger charge is -2.33. The van der Waals surface area contributed by atoms with E-state index < -0.39 is 10.0 Å². The minimum absolute atomic E-state index is 0.126. The molecular formula is C14H22N2O3S. The summed E-state index contributed by atoms with van der Waals surface area (Å²) in [4.78, 5) is 0. The lowest BCUT2D eigenvalue weighted by atomic mass is 9.99. The van der Waals surface area contributed by atoms with Crippen molar-refractivity contribution >= 4 is 15.7 Å². The molecule has 1 aromatic carbocycles. The van der Waals surface area contributed by atoms with E-state index in [0.29, 0.717) is 11.6 Å². The van der Waals surface area contributed by atoms with E-state index in [1.54, 1.807) is 12.1 Å². The van der Waals surface area contributed by atoms with Gasteiger partial charge in [0.15, 0.2) is 0 Å². The predicted octanol–water partition coefficient (Wildman–Crippen LogP) is 1.84. The molecule has 0 bridgehead atoms. The van der Waals surface area contributed by atoms with Crippen molar-refractivity contribution in [1.82, 2.24) is 0 Å². The van der Waals surface area contributed by atoms with Gasteiger partial charge in [0.25, 0.3) is 0 Å². The fourth-order valence-corrected chi connectivity index (χ4v) is 3.35. The fourth-order valence-electron chi connectivity index (χ4n) is 2.69. The summed E-state index contributed by atoms with van der Waals surface area (Å²) < 4.78 is 27.8. The summed E-state index contributed by atoms with van der Waals surface area (Å²) >= 11 is 0. The third kappa shape index (κ3) is 4.77. The molecule has 112 valence electrons. The Morgan fingerprint density at radius 3 is 2.25 bits per heavy atom. The highest BCUT2D eigenvalue weighted by molar-refractivity contribution is 7.88. The average Bonchev–Trinajstić information content (AvgIpc) is 2.28. The van der Waals surface area contributed by atoms with E-state index in [-0.39, 0.29) is 18.0 Å². The van der Waals surface area contributed by atoms with Crippen molar-refractivity contribution in [3.05, 3.63) is 29.8 Å². The quantitative estimate of drug-likeness (QED) is 0.888. The van der Waals surface area contributed by atoms with E-state index in [0.717, 1.165) is 18.5 Å². The topological polar surface area (TPSA) is 81.4 Å². The van der Waals surface area contributed by atoms with Gasteiger partial charge >= 0.3 is 0 Å². The molecule has 1 aliphatic rings. The van der Waals surface area contributed by atoms with Gasteiger partial charge in [0.2, 0.25) is 10.0 Å². The number of hydrogen-bond acceptors (Lipinski definition) is 4. The van der Waals surface area contributed by atoms with Gasteiger partial charge in [0, 0.05) is 11.7 Å². The van der Waals surface area contributed by atoms with Crippen LogP contribution in [0.3, 0.4) is 0 Å². The Bertz CT molecular complexity index is 532. The van der Waals surface area contributed by atoms with Crippen molar-refractivity contribution < 1.29 is 13.2 Å². The summed E-state index contributed by atoms with van der Waals surface area (Å²) in [5.74, 6) is -0.126. The molecule has 20 heavy (non-hydrogen) atoms. The van der Waals surface area contributed by atoms with Crippen LogP contribution in [0.25, 0.3) is 0 Å². The van der Waals surface area contributed by atoms with E-state index in [4.69, 9.17) is 9.88 Å². The summed E-state index contributed by atoms with van der Waals surface area (Å²) in [6.45, 7) is 4.17. The molecule has 6 heteroatoms. The number of sulfonamides is 1. The Hall–Kier alpha value is -1.11. The summed E-state index contributed by atoms with van der Waals surface area (Å²) in [6, 6.07) is 7.76. The summed E-state index contributed by atoms with van der Waals surface area (Å²) in [6.07, 6.45) is 2.47. The molecule has 1 aromatic rings. The van der Waals surface area contributed by atoms with Gasteiger partial charge in [-0.15, -0.1) is 0 Å². The Kier molecular flexibility index (Phi) is 4.67. The van der Waals surface area contributed by atoms with Crippen LogP contribution in [0.4, 0.5) is 5.69 Å². The van der Waals surface area contributed by atoms with Gasteiger partial charge in [-0.2, -0.15) is 0 Å². The number of hydrogen-bond donors (Lipinski definition) is 2. The van der Waals surface area contributed by atoms with Crippen LogP contribution < -0.4 is 10.5 Å². The highest BCUT2D eigenvalue weighted by atomic mass is 32.2. The second-order valence-electron chi connectivity index (χ2n) is 5.57. The van der Waals surface area contributed by atoms with Crippen molar-refractivity contribution in [3.63, 3.8) is 0 Å². The molecule has 1 heterocycles. The normalized spacial score (nSPS) is 27.2. The number of benzene rings is 1. The predicted molar refractivity (Wildman–Crippen MR) is 79.9 cm³/mol. The Morgan fingerprint density at radius 2 is 1.75 bits per heavy atom. The first kappa shape index (κ1) is 15.3. The molecule has 0 aromatic heterocycles. The largest absolute Gasteiger partial charge is 0.382 e. The standard InChI is InChI=1S/C14H22N2O3S/c1-10-7-14(8-11(2)19-10)16-13-5-3-12(4-6-13)9-20(15,17)18/h3-6,10-11,14,16H,7-9H2,1-2H3,(H2,15,17,18). The number of nitrogens with one attached hydrogen (secondary N) is 1. The SMILES string of the molecule is CC1CC(Nc2ccc(CS(N)(=O)=O)cc2)CC(C)O1. The van der Waals surface area contributed by atoms with Gasteiger partial charge in [0.1, 0.15) is 0 Å². The Labute approximate surface area is 120 Å². The molecule has 2 rings (SSSR count). The van der Waals surface area contributed by atoms with Crippen LogP contribution in [0.1, 0.15) is 32.3 Å². The number of ether oxygens (including phenoxy) is 1. The first-order valence-corrected chi connectivity index (χ1v) is 8.55. The van der Waals surface area contributed by atoms with Crippen LogP contribution in [0.5, 0.6) is 0 Å². The number of anilines is 1. The number of primary sulfonamides is 1. The second kappa shape index (κ2) is 6.11. The van der Waals surface area contributed by atoms with E-state index in [1.807, 2.05) is 12.1 Å². The van der Waals surface area contributed by atoms with Crippen molar-refractivity contribution in [3.8, 4) is 0 Å². The zero-order valence-corrected chi connectivity index (χ0v) is 12.7. The summed E-state index contributed by atoms with van der Waals surface area (Å²) in [5.41, 5.74) is 1.70. The highest BCUT2D eigenvalue weighted by Crippen LogP contribution is 2.23. The molecule has 0 aliphatic carbocycles. The third-order valence-corrected chi connectivity index (χ3v) is 4.13. The maximum atomic E-state index is 11.0. The summed E-state index contributed by atoms with van der Waals surface area (Å²) in [5, 5.41) is 8.50. The van der Waals surface area contributed by atoms with Crippen LogP contribution in [0.2, 0.25) is 0 Å². The third-order valence-electron chi connectivity index (χ3n) is 3.39. The molecule has 0 saturated carbocycles. The molecule has 1 saturated heterocycles. The molecule has 1 fully saturated rings. The Morgan fingerprint density at radius 1 is 1.20 bits per heavy atom. The summed E-state index contributed by atoms with van der Waals surface area (Å²) in [7, 11) is -3.47. The van der Waals surface area contributed by atoms with E-state index in [2.05, 4.69) is 19.2 Å². The van der Waals surface area contributed by atoms with Gasteiger partial charge in [-0.3, -0.25) is 0 Å². The molecule has 0 amide bonds. The molecule has 0 radical (unpaired) electrons. The minimum atomic E-state index is -3.47. The average molecular weight is 298 g/mol. The first-order valence-electron chi connectivity index (χ1n) is 6.83. The van der Waals surface area contributed by atoms with Crippen LogP contribution >= 0.6 is 0 Å². The van der Waals surface area contributed by atoms with Gasteiger partial charge in [0.05, 0.1) is 18.0 Å². The maximum absolute atomic E-state index is 11.0. The fraction of sp³-hybridized carbons (Fsp3) is 0.571. The zero-order chi connectivity index (χ0) is 14.8. The van der Waals surface area contributed by atoms with E-state index >= 15 is 0 Å². The van der Waals surface area contributed by atoms with Crippen molar-refractivity contribution in [1.29, 1.82) is 0 Å². The smallest absolute Gasteiger partial charge is 0.213 e. The second-order valence-corrected chi connectivity index (χ2v) is 7.19. The monoisotopic (exact) mass is 298 g/mol. The van der Waals surface area contributed by atoms with Gasteiger partial charge in [-0.1, -0.05) is 12.1 Å². The lowest BCUT2D eigenvalue weighted by molar-refractivity contribution is -0.0337. The lowest BCUT2D eigenvalue weighted by Crippen LogP contribution is -2.36.